The zero-order valence-corrected chi connectivity index (χ0v) is 19.6. The van der Waals surface area contributed by atoms with Gasteiger partial charge in [-0.25, -0.2) is 4.99 Å². The molecule has 1 aromatic carbocycles. The predicted molar refractivity (Wildman–Crippen MR) is 127 cm³/mol. The molecule has 8 heteroatoms. The molecule has 1 aromatic heterocycles. The highest BCUT2D eigenvalue weighted by Gasteiger charge is 2.10. The van der Waals surface area contributed by atoms with E-state index in [4.69, 9.17) is 9.47 Å². The Morgan fingerprint density at radius 2 is 2.03 bits per heavy atom. The van der Waals surface area contributed by atoms with Gasteiger partial charge in [-0.3, -0.25) is 9.78 Å². The Kier molecular flexibility index (Phi) is 11.0. The smallest absolute Gasteiger partial charge is 0.241 e. The van der Waals surface area contributed by atoms with Crippen LogP contribution in [0.5, 0.6) is 5.75 Å². The van der Waals surface area contributed by atoms with Crippen molar-refractivity contribution in [1.82, 2.24) is 20.5 Å². The van der Waals surface area contributed by atoms with Gasteiger partial charge < -0.3 is 25.0 Å². The van der Waals surface area contributed by atoms with Crippen LogP contribution < -0.4 is 15.4 Å². The number of aryl methyl sites for hydroxylation is 1. The van der Waals surface area contributed by atoms with Gasteiger partial charge in [-0.2, -0.15) is 0 Å². The van der Waals surface area contributed by atoms with Gasteiger partial charge in [0, 0.05) is 51.1 Å². The highest BCUT2D eigenvalue weighted by Crippen LogP contribution is 2.21. The summed E-state index contributed by atoms with van der Waals surface area (Å²) in [5.41, 5.74) is 3.06. The fourth-order valence-electron chi connectivity index (χ4n) is 2.91. The van der Waals surface area contributed by atoms with Gasteiger partial charge in [0.05, 0.1) is 19.7 Å². The van der Waals surface area contributed by atoms with Crippen LogP contribution in [0.25, 0.3) is 0 Å². The molecule has 32 heavy (non-hydrogen) atoms. The van der Waals surface area contributed by atoms with Crippen LogP contribution in [0, 0.1) is 6.92 Å². The minimum absolute atomic E-state index is 0.00884. The average Bonchev–Trinajstić information content (AvgIpc) is 2.80. The van der Waals surface area contributed by atoms with E-state index in [0.717, 1.165) is 29.0 Å². The summed E-state index contributed by atoms with van der Waals surface area (Å²) in [5, 5.41) is 6.31. The van der Waals surface area contributed by atoms with Crippen LogP contribution in [0.4, 0.5) is 0 Å². The van der Waals surface area contributed by atoms with Gasteiger partial charge in [-0.05, 0) is 37.6 Å². The summed E-state index contributed by atoms with van der Waals surface area (Å²) in [7, 11) is 3.45. The van der Waals surface area contributed by atoms with Crippen LogP contribution in [0.1, 0.15) is 23.7 Å². The lowest BCUT2D eigenvalue weighted by Gasteiger charge is -2.18. The molecule has 8 nitrogen and oxygen atoms in total. The first-order chi connectivity index (χ1) is 15.5. The Morgan fingerprint density at radius 1 is 1.19 bits per heavy atom. The molecule has 2 aromatic rings. The average molecular weight is 442 g/mol. The summed E-state index contributed by atoms with van der Waals surface area (Å²) < 4.78 is 10.9. The van der Waals surface area contributed by atoms with Crippen molar-refractivity contribution in [2.75, 3.05) is 47.0 Å². The lowest BCUT2D eigenvalue weighted by molar-refractivity contribution is -0.128. The Bertz CT molecular complexity index is 858. The topological polar surface area (TPSA) is 88.1 Å². The number of rotatable bonds is 12. The zero-order valence-electron chi connectivity index (χ0n) is 19.6. The number of carbonyl (C=O) groups excluding carboxylic acids is 1. The number of carbonyl (C=O) groups is 1. The minimum Gasteiger partial charge on any atom is -0.491 e. The molecular weight excluding hydrogens is 406 g/mol. The van der Waals surface area contributed by atoms with E-state index in [1.54, 1.807) is 25.3 Å². The van der Waals surface area contributed by atoms with Crippen molar-refractivity contribution in [1.29, 1.82) is 0 Å². The fourth-order valence-corrected chi connectivity index (χ4v) is 2.91. The maximum Gasteiger partial charge on any atom is 0.241 e. The van der Waals surface area contributed by atoms with E-state index >= 15 is 0 Å². The van der Waals surface area contributed by atoms with Crippen LogP contribution >= 0.6 is 0 Å². The van der Waals surface area contributed by atoms with E-state index < -0.39 is 0 Å². The molecule has 0 saturated heterocycles. The normalized spacial score (nSPS) is 11.2. The Morgan fingerprint density at radius 3 is 2.75 bits per heavy atom. The van der Waals surface area contributed by atoms with Crippen molar-refractivity contribution in [3.05, 3.63) is 59.4 Å². The highest BCUT2D eigenvalue weighted by molar-refractivity contribution is 5.86. The molecule has 0 saturated carbocycles. The summed E-state index contributed by atoms with van der Waals surface area (Å²) in [6.45, 7) is 6.92. The maximum absolute atomic E-state index is 12.5. The van der Waals surface area contributed by atoms with Gasteiger partial charge in [0.2, 0.25) is 5.91 Å². The number of amides is 1. The summed E-state index contributed by atoms with van der Waals surface area (Å²) in [4.78, 5) is 23.1. The molecular formula is C24H35N5O3. The van der Waals surface area contributed by atoms with Crippen molar-refractivity contribution in [2.24, 2.45) is 4.99 Å². The number of nitrogens with zero attached hydrogens (tertiary/aromatic N) is 3. The first-order valence-corrected chi connectivity index (χ1v) is 10.9. The lowest BCUT2D eigenvalue weighted by Crippen LogP contribution is -2.44. The van der Waals surface area contributed by atoms with Gasteiger partial charge in [0.15, 0.2) is 5.96 Å². The van der Waals surface area contributed by atoms with Crippen LogP contribution in [-0.4, -0.2) is 68.8 Å². The van der Waals surface area contributed by atoms with Crippen molar-refractivity contribution in [3.63, 3.8) is 0 Å². The van der Waals surface area contributed by atoms with E-state index in [1.165, 1.54) is 0 Å². The molecule has 0 unspecified atom stereocenters. The number of hydrogen-bond donors (Lipinski definition) is 2. The van der Waals surface area contributed by atoms with Crippen LogP contribution in [0.15, 0.2) is 47.6 Å². The number of aromatic nitrogens is 1. The molecule has 0 spiro atoms. The molecule has 1 amide bonds. The fraction of sp³-hybridized carbons (Fsp3) is 0.458. The second kappa shape index (κ2) is 14.0. The van der Waals surface area contributed by atoms with Crippen LogP contribution in [0.3, 0.4) is 0 Å². The van der Waals surface area contributed by atoms with E-state index in [1.807, 2.05) is 50.2 Å². The number of guanidine groups is 1. The number of likely N-dealkylation sites (N-methyl/N-ethyl adjacent to an activating group) is 1. The largest absolute Gasteiger partial charge is 0.491 e. The number of nitrogens with one attached hydrogen (secondary N) is 2. The third kappa shape index (κ3) is 8.93. The molecule has 0 aliphatic heterocycles. The second-order valence-electron chi connectivity index (χ2n) is 7.39. The van der Waals surface area contributed by atoms with Crippen molar-refractivity contribution in [2.45, 2.75) is 26.8 Å². The Balaban J connectivity index is 1.91. The third-order valence-electron chi connectivity index (χ3n) is 4.78. The Hall–Kier alpha value is -3.13. The molecule has 174 valence electrons. The van der Waals surface area contributed by atoms with E-state index in [-0.39, 0.29) is 12.5 Å². The zero-order chi connectivity index (χ0) is 23.2. The van der Waals surface area contributed by atoms with E-state index in [0.29, 0.717) is 38.8 Å². The van der Waals surface area contributed by atoms with Crippen LogP contribution in [-0.2, 0) is 22.5 Å². The molecule has 1 heterocycles. The molecule has 0 atom stereocenters. The summed E-state index contributed by atoms with van der Waals surface area (Å²) in [6.07, 6.45) is 2.48. The molecule has 2 rings (SSSR count). The molecule has 0 aliphatic carbocycles. The van der Waals surface area contributed by atoms with Crippen molar-refractivity contribution >= 4 is 11.9 Å². The third-order valence-corrected chi connectivity index (χ3v) is 4.78. The van der Waals surface area contributed by atoms with Crippen LogP contribution in [0.2, 0.25) is 0 Å². The van der Waals surface area contributed by atoms with Crippen molar-refractivity contribution < 1.29 is 14.3 Å². The van der Waals surface area contributed by atoms with Gasteiger partial charge in [0.25, 0.3) is 0 Å². The number of ether oxygens (including phenoxy) is 2. The molecule has 0 aliphatic rings. The Labute approximate surface area is 191 Å². The quantitative estimate of drug-likeness (QED) is 0.298. The van der Waals surface area contributed by atoms with Gasteiger partial charge in [-0.15, -0.1) is 0 Å². The summed E-state index contributed by atoms with van der Waals surface area (Å²) in [6, 6.07) is 11.9. The maximum atomic E-state index is 12.5. The van der Waals surface area contributed by atoms with Gasteiger partial charge >= 0.3 is 0 Å². The molecule has 0 bridgehead atoms. The van der Waals surface area contributed by atoms with E-state index in [9.17, 15) is 4.79 Å². The first kappa shape index (κ1) is 25.1. The number of benzene rings is 1. The van der Waals surface area contributed by atoms with Crippen molar-refractivity contribution in [3.8, 4) is 5.75 Å². The number of methoxy groups -OCH3 is 1. The van der Waals surface area contributed by atoms with E-state index in [2.05, 4.69) is 20.6 Å². The minimum atomic E-state index is -0.00884. The number of hydrogen-bond acceptors (Lipinski definition) is 5. The monoisotopic (exact) mass is 441 g/mol. The summed E-state index contributed by atoms with van der Waals surface area (Å²) >= 11 is 0. The standard InChI is InChI=1S/C24H35N5O3/c1-5-25-24(27-17-20-10-9-19(2)16-22(20)32-15-14-31-4)28-18-23(30)29(3)13-11-21-8-6-7-12-26-21/h6-10,12,16H,5,11,13-15,17-18H2,1-4H3,(H2,25,27,28). The van der Waals surface area contributed by atoms with Gasteiger partial charge in [-0.1, -0.05) is 18.2 Å². The SMILES string of the molecule is CCNC(=NCc1ccc(C)cc1OCCOC)NCC(=O)N(C)CCc1ccccn1. The highest BCUT2D eigenvalue weighted by atomic mass is 16.5. The number of pyridine rings is 1. The molecule has 0 radical (unpaired) electrons. The lowest BCUT2D eigenvalue weighted by atomic mass is 10.1. The van der Waals surface area contributed by atoms with Gasteiger partial charge in [0.1, 0.15) is 12.4 Å². The summed E-state index contributed by atoms with van der Waals surface area (Å²) in [5.74, 6) is 1.37. The molecule has 0 fully saturated rings. The predicted octanol–water partition coefficient (Wildman–Crippen LogP) is 2.17. The molecule has 2 N–H and O–H groups in total. The second-order valence-corrected chi connectivity index (χ2v) is 7.39. The number of aliphatic imine (C=N–C) groups is 1. The first-order valence-electron chi connectivity index (χ1n) is 10.9.